The molecule has 0 bridgehead atoms. The minimum absolute atomic E-state index is 0.0222. The number of ether oxygens (including phenoxy) is 6. The van der Waals surface area contributed by atoms with Gasteiger partial charge in [-0.25, -0.2) is 0 Å². The molecule has 84 heavy (non-hydrogen) atoms. The molecule has 0 aromatic carbocycles. The quantitative estimate of drug-likeness (QED) is 0.0232. The molecule has 9 N–H and O–H groups in total. The maximum absolute atomic E-state index is 12.2. The second-order valence-electron chi connectivity index (χ2n) is 23.0. The van der Waals surface area contributed by atoms with Gasteiger partial charge in [-0.15, -0.1) is 0 Å². The van der Waals surface area contributed by atoms with Crippen molar-refractivity contribution in [2.24, 2.45) is 23.3 Å². The number of hydrogen-bond donors (Lipinski definition) is 7. The number of nitrogens with two attached hydrogens (primary N) is 2. The van der Waals surface area contributed by atoms with E-state index in [0.29, 0.717) is 77.5 Å². The van der Waals surface area contributed by atoms with Crippen LogP contribution in [0.4, 0.5) is 0 Å². The van der Waals surface area contributed by atoms with Crippen LogP contribution in [0.1, 0.15) is 222 Å². The summed E-state index contributed by atoms with van der Waals surface area (Å²) in [5.74, 6) is -4.00. The number of unbranched alkanes of at least 4 members (excludes halogenated alkanes) is 14. The minimum atomic E-state index is -1.03. The van der Waals surface area contributed by atoms with Crippen molar-refractivity contribution in [3.05, 3.63) is 0 Å². The van der Waals surface area contributed by atoms with Crippen LogP contribution in [0.2, 0.25) is 0 Å². The van der Waals surface area contributed by atoms with Crippen LogP contribution in [-0.4, -0.2) is 166 Å². The molecule has 0 aliphatic heterocycles. The first-order valence-corrected chi connectivity index (χ1v) is 30.6. The zero-order valence-electron chi connectivity index (χ0n) is 53.0. The molecule has 0 fully saturated rings. The van der Waals surface area contributed by atoms with Crippen molar-refractivity contribution in [2.75, 3.05) is 79.5 Å². The Morgan fingerprint density at radius 3 is 1.42 bits per heavy atom. The maximum atomic E-state index is 12.2. The van der Waals surface area contributed by atoms with Crippen LogP contribution in [0.3, 0.4) is 0 Å². The van der Waals surface area contributed by atoms with Crippen molar-refractivity contribution >= 4 is 58.9 Å². The Morgan fingerprint density at radius 1 is 0.488 bits per heavy atom. The van der Waals surface area contributed by atoms with Gasteiger partial charge >= 0.3 is 23.9 Å². The van der Waals surface area contributed by atoms with Crippen LogP contribution in [0.25, 0.3) is 0 Å². The first-order valence-electron chi connectivity index (χ1n) is 30.6. The van der Waals surface area contributed by atoms with Gasteiger partial charge < -0.3 is 66.1 Å². The van der Waals surface area contributed by atoms with Crippen molar-refractivity contribution in [3.63, 3.8) is 0 Å². The van der Waals surface area contributed by atoms with Crippen LogP contribution in [-0.2, 0) is 76.4 Å². The summed E-state index contributed by atoms with van der Waals surface area (Å²) in [6, 6.07) is -0.906. The van der Waals surface area contributed by atoms with Gasteiger partial charge in [-0.1, -0.05) is 90.4 Å². The van der Waals surface area contributed by atoms with E-state index in [0.717, 1.165) is 19.3 Å². The molecule has 0 aliphatic rings. The third-order valence-corrected chi connectivity index (χ3v) is 12.5. The number of amides is 3. The van der Waals surface area contributed by atoms with Gasteiger partial charge in [0.05, 0.1) is 51.5 Å². The fourth-order valence-corrected chi connectivity index (χ4v) is 7.75. The van der Waals surface area contributed by atoms with Gasteiger partial charge in [0, 0.05) is 71.2 Å². The summed E-state index contributed by atoms with van der Waals surface area (Å²) in [4.78, 5) is 115. The van der Waals surface area contributed by atoms with Crippen molar-refractivity contribution in [3.8, 4) is 0 Å². The van der Waals surface area contributed by atoms with Crippen LogP contribution in [0.15, 0.2) is 0 Å². The number of aliphatic carboxylic acids is 2. The summed E-state index contributed by atoms with van der Waals surface area (Å²) < 4.78 is 32.0. The lowest BCUT2D eigenvalue weighted by Gasteiger charge is -2.22. The lowest BCUT2D eigenvalue weighted by atomic mass is 9.90. The number of carboxylic acids is 2. The molecule has 23 heteroatoms. The molecule has 0 saturated heterocycles. The average Bonchev–Trinajstić information content (AvgIpc) is 3.46. The first-order chi connectivity index (χ1) is 39.6. The van der Waals surface area contributed by atoms with Gasteiger partial charge in [0.1, 0.15) is 41.8 Å². The molecule has 0 aliphatic carbocycles. The monoisotopic (exact) mass is 1200 g/mol. The van der Waals surface area contributed by atoms with Crippen molar-refractivity contribution in [1.82, 2.24) is 16.0 Å². The highest BCUT2D eigenvalue weighted by molar-refractivity contribution is 5.89. The van der Waals surface area contributed by atoms with E-state index in [1.165, 1.54) is 77.6 Å². The molecule has 0 unspecified atom stereocenters. The molecule has 0 aromatic rings. The number of carbonyl (C=O) groups is 10. The SMILES string of the molecule is CC(=O)[C@H](CCCCNC(=O)COCCOCCNC(=O)COCCOCCCC(=O)CC[C@H](C)C(=O)OC(C)(C)C)CC(=O)[C@@H](N)CCC(=O)O.CNC(=O)CCCCCCCCCCCCCCCCC(=O)OC(C)(C)C.NCC(=O)O. The van der Waals surface area contributed by atoms with Gasteiger partial charge in [0.2, 0.25) is 17.7 Å². The molecule has 0 aromatic heterocycles. The minimum Gasteiger partial charge on any atom is -0.481 e. The van der Waals surface area contributed by atoms with E-state index in [1.54, 1.807) is 14.0 Å². The van der Waals surface area contributed by atoms with Gasteiger partial charge in [-0.05, 0) is 93.4 Å². The van der Waals surface area contributed by atoms with E-state index >= 15 is 0 Å². The standard InChI is InChI=1S/C36H63N3O13.C23H45NO3.C2H5NO2/c1-26(35(47)52-36(3,4)5)11-12-29(41)10-8-17-48-19-21-50-25-33(44)39-16-18-49-20-22-51-24-32(43)38-15-7-6-9-28(27(2)40)23-31(42)30(37)13-14-34(45)46;1-23(2,3)27-22(26)20-18-16-14-12-10-8-6-5-7-9-11-13-15-17-19-21(25)24-4;3-1-2(4)5/h26,28,30H,6-25,37H2,1-5H3,(H,38,43)(H,39,44)(H,45,46);5-20H2,1-4H3,(H,24,25);1,3H2,(H,4,5)/t26-,28+,30-;;/m0../s1. The largest absolute Gasteiger partial charge is 0.481 e. The summed E-state index contributed by atoms with van der Waals surface area (Å²) >= 11 is 0. The lowest BCUT2D eigenvalue weighted by molar-refractivity contribution is -0.160. The van der Waals surface area contributed by atoms with Crippen molar-refractivity contribution in [2.45, 2.75) is 240 Å². The third-order valence-electron chi connectivity index (χ3n) is 12.5. The maximum Gasteiger partial charge on any atom is 0.317 e. The Labute approximate surface area is 502 Å². The predicted octanol–water partition coefficient (Wildman–Crippen LogP) is 7.26. The van der Waals surface area contributed by atoms with Crippen LogP contribution in [0.5, 0.6) is 0 Å². The highest BCUT2D eigenvalue weighted by atomic mass is 16.6. The normalized spacial score (nSPS) is 12.2. The average molecular weight is 1200 g/mol. The van der Waals surface area contributed by atoms with Crippen molar-refractivity contribution < 1.29 is 86.6 Å². The van der Waals surface area contributed by atoms with Crippen LogP contribution >= 0.6 is 0 Å². The Balaban J connectivity index is -0.00000170. The highest BCUT2D eigenvalue weighted by Crippen LogP contribution is 2.19. The van der Waals surface area contributed by atoms with Crippen molar-refractivity contribution in [1.29, 1.82) is 0 Å². The molecule has 0 saturated carbocycles. The molecule has 0 rings (SSSR count). The van der Waals surface area contributed by atoms with E-state index in [4.69, 9.17) is 44.4 Å². The Kier molecular flexibility index (Phi) is 54.2. The van der Waals surface area contributed by atoms with Gasteiger partial charge in [-0.3, -0.25) is 47.9 Å². The highest BCUT2D eigenvalue weighted by Gasteiger charge is 2.24. The first kappa shape index (κ1) is 83.3. The summed E-state index contributed by atoms with van der Waals surface area (Å²) in [5, 5.41) is 24.4. The summed E-state index contributed by atoms with van der Waals surface area (Å²) in [7, 11) is 1.70. The molecular formula is C61H113N5O18. The van der Waals surface area contributed by atoms with Gasteiger partial charge in [0.15, 0.2) is 0 Å². The number of rotatable bonds is 51. The van der Waals surface area contributed by atoms with E-state index < -0.39 is 29.5 Å². The molecule has 0 heterocycles. The second kappa shape index (κ2) is 54.7. The second-order valence-corrected chi connectivity index (χ2v) is 23.0. The Hall–Kier alpha value is -4.94. The zero-order valence-corrected chi connectivity index (χ0v) is 53.0. The fraction of sp³-hybridized carbons (Fsp3) is 0.836. The summed E-state index contributed by atoms with van der Waals surface area (Å²) in [6.07, 6.45) is 21.9. The number of Topliss-reactive ketones (excluding diaryl/α,β-unsaturated/α-hetero) is 3. The number of nitrogens with one attached hydrogen (secondary N) is 3. The van der Waals surface area contributed by atoms with Crippen LogP contribution in [0, 0.1) is 11.8 Å². The summed E-state index contributed by atoms with van der Waals surface area (Å²) in [5.41, 5.74) is 9.41. The molecule has 3 atom stereocenters. The number of esters is 2. The molecule has 23 nitrogen and oxygen atoms in total. The van der Waals surface area contributed by atoms with Crippen LogP contribution < -0.4 is 27.4 Å². The van der Waals surface area contributed by atoms with E-state index in [2.05, 4.69) is 21.7 Å². The molecule has 0 spiro atoms. The smallest absolute Gasteiger partial charge is 0.317 e. The Morgan fingerprint density at radius 2 is 0.952 bits per heavy atom. The summed E-state index contributed by atoms with van der Waals surface area (Å²) in [6.45, 7) is 16.0. The molecular weight excluding hydrogens is 1090 g/mol. The topological polar surface area (TPSA) is 355 Å². The van der Waals surface area contributed by atoms with Gasteiger partial charge in [-0.2, -0.15) is 0 Å². The van der Waals surface area contributed by atoms with E-state index in [9.17, 15) is 47.9 Å². The number of carboxylic acid groups (broad SMARTS) is 2. The number of hydrogen-bond acceptors (Lipinski definition) is 18. The zero-order chi connectivity index (χ0) is 64.0. The fourth-order valence-electron chi connectivity index (χ4n) is 7.75. The predicted molar refractivity (Wildman–Crippen MR) is 321 cm³/mol. The number of carbonyl (C=O) groups excluding carboxylic acids is 8. The molecule has 3 amide bonds. The molecule has 0 radical (unpaired) electrons. The Bertz CT molecular complexity index is 1800. The lowest BCUT2D eigenvalue weighted by Crippen LogP contribution is -2.33. The third kappa shape index (κ3) is 63.1. The van der Waals surface area contributed by atoms with E-state index in [1.807, 2.05) is 41.5 Å². The van der Waals surface area contributed by atoms with Gasteiger partial charge in [0.25, 0.3) is 0 Å². The molecule has 490 valence electrons. The number of ketones is 3. The van der Waals surface area contributed by atoms with E-state index in [-0.39, 0.29) is 131 Å².